The number of carbonyl (C=O) groups is 2. The van der Waals surface area contributed by atoms with Gasteiger partial charge in [0.25, 0.3) is 5.91 Å². The Kier molecular flexibility index (Phi) is 4.63. The minimum Gasteiger partial charge on any atom is -0.469 e. The average molecular weight is 239 g/mol. The molecule has 0 saturated carbocycles. The number of esters is 1. The summed E-state index contributed by atoms with van der Waals surface area (Å²) in [6.07, 6.45) is 0.0523. The molecule has 92 valence electrons. The smallest absolute Gasteiger partial charge is 0.307 e. The number of hydrogen-bond donors (Lipinski definition) is 1. The number of rotatable bonds is 4. The molecule has 1 rings (SSSR count). The molecular weight excluding hydrogens is 225 g/mol. The van der Waals surface area contributed by atoms with Gasteiger partial charge in [-0.2, -0.15) is 0 Å². The first-order chi connectivity index (χ1) is 8.04. The Morgan fingerprint density at radius 3 is 2.65 bits per heavy atom. The second-order valence-corrected chi connectivity index (χ2v) is 3.63. The van der Waals surface area contributed by atoms with Gasteiger partial charge in [-0.1, -0.05) is 12.1 Å². The van der Waals surface area contributed by atoms with Crippen molar-refractivity contribution < 1.29 is 18.7 Å². The third-order valence-electron chi connectivity index (χ3n) is 2.20. The molecule has 1 N–H and O–H groups in total. The zero-order valence-electron chi connectivity index (χ0n) is 9.70. The van der Waals surface area contributed by atoms with Crippen molar-refractivity contribution in [1.29, 1.82) is 0 Å². The largest absolute Gasteiger partial charge is 0.469 e. The molecule has 0 bridgehead atoms. The zero-order valence-corrected chi connectivity index (χ0v) is 9.70. The Morgan fingerprint density at radius 1 is 1.41 bits per heavy atom. The molecule has 0 heterocycles. The van der Waals surface area contributed by atoms with Gasteiger partial charge in [-0.05, 0) is 19.1 Å². The highest BCUT2D eigenvalue weighted by atomic mass is 19.1. The normalized spacial score (nSPS) is 11.7. The maximum Gasteiger partial charge on any atom is 0.307 e. The van der Waals surface area contributed by atoms with Gasteiger partial charge in [-0.25, -0.2) is 4.39 Å². The lowest BCUT2D eigenvalue weighted by molar-refractivity contribution is -0.141. The standard InChI is InChI=1S/C12H14FNO3/c1-8(7-11(15)17-2)14-12(16)9-5-3-4-6-10(9)13/h3-6,8H,7H2,1-2H3,(H,14,16)/t8-/m1/s1. The summed E-state index contributed by atoms with van der Waals surface area (Å²) in [5.41, 5.74) is -0.0378. The van der Waals surface area contributed by atoms with Gasteiger partial charge >= 0.3 is 5.97 Å². The van der Waals surface area contributed by atoms with E-state index >= 15 is 0 Å². The van der Waals surface area contributed by atoms with Crippen LogP contribution in [0.1, 0.15) is 23.7 Å². The van der Waals surface area contributed by atoms with E-state index < -0.39 is 23.7 Å². The fraction of sp³-hybridized carbons (Fsp3) is 0.333. The monoisotopic (exact) mass is 239 g/mol. The van der Waals surface area contributed by atoms with Crippen molar-refractivity contribution in [3.05, 3.63) is 35.6 Å². The quantitative estimate of drug-likeness (QED) is 0.810. The second kappa shape index (κ2) is 5.98. The number of amides is 1. The zero-order chi connectivity index (χ0) is 12.8. The van der Waals surface area contributed by atoms with Crippen LogP contribution in [0.4, 0.5) is 4.39 Å². The topological polar surface area (TPSA) is 55.4 Å². The molecular formula is C12H14FNO3. The number of methoxy groups -OCH3 is 1. The van der Waals surface area contributed by atoms with Gasteiger partial charge in [0.15, 0.2) is 0 Å². The van der Waals surface area contributed by atoms with Crippen LogP contribution in [0.2, 0.25) is 0 Å². The SMILES string of the molecule is COC(=O)C[C@@H](C)NC(=O)c1ccccc1F. The van der Waals surface area contributed by atoms with Crippen LogP contribution in [-0.4, -0.2) is 25.0 Å². The molecule has 0 aliphatic heterocycles. The maximum absolute atomic E-state index is 13.3. The summed E-state index contributed by atoms with van der Waals surface area (Å²) in [6, 6.07) is 5.26. The first-order valence-electron chi connectivity index (χ1n) is 5.16. The minimum atomic E-state index is -0.588. The molecule has 0 spiro atoms. The van der Waals surface area contributed by atoms with E-state index in [4.69, 9.17) is 0 Å². The van der Waals surface area contributed by atoms with E-state index in [2.05, 4.69) is 10.1 Å². The predicted molar refractivity (Wildman–Crippen MR) is 60.0 cm³/mol. The highest BCUT2D eigenvalue weighted by molar-refractivity contribution is 5.94. The van der Waals surface area contributed by atoms with E-state index in [0.29, 0.717) is 0 Å². The van der Waals surface area contributed by atoms with Crippen molar-refractivity contribution in [3.8, 4) is 0 Å². The Hall–Kier alpha value is -1.91. The van der Waals surface area contributed by atoms with Crippen LogP contribution < -0.4 is 5.32 Å². The minimum absolute atomic E-state index is 0.0378. The summed E-state index contributed by atoms with van der Waals surface area (Å²) in [6.45, 7) is 1.65. The average Bonchev–Trinajstić information content (AvgIpc) is 2.29. The fourth-order valence-corrected chi connectivity index (χ4v) is 1.33. The molecule has 1 amide bonds. The van der Waals surface area contributed by atoms with Gasteiger partial charge in [-0.15, -0.1) is 0 Å². The third kappa shape index (κ3) is 3.86. The van der Waals surface area contributed by atoms with E-state index in [1.807, 2.05) is 0 Å². The van der Waals surface area contributed by atoms with Crippen LogP contribution in [0.25, 0.3) is 0 Å². The van der Waals surface area contributed by atoms with Gasteiger partial charge in [0.1, 0.15) is 5.82 Å². The van der Waals surface area contributed by atoms with Crippen LogP contribution in [0.5, 0.6) is 0 Å². The molecule has 0 saturated heterocycles. The van der Waals surface area contributed by atoms with E-state index in [-0.39, 0.29) is 12.0 Å². The highest BCUT2D eigenvalue weighted by Gasteiger charge is 2.15. The van der Waals surface area contributed by atoms with Crippen LogP contribution in [-0.2, 0) is 9.53 Å². The third-order valence-corrected chi connectivity index (χ3v) is 2.20. The second-order valence-electron chi connectivity index (χ2n) is 3.63. The molecule has 0 fully saturated rings. The lowest BCUT2D eigenvalue weighted by atomic mass is 10.1. The van der Waals surface area contributed by atoms with Gasteiger partial charge in [0.2, 0.25) is 0 Å². The van der Waals surface area contributed by atoms with E-state index in [9.17, 15) is 14.0 Å². The molecule has 1 aromatic rings. The van der Waals surface area contributed by atoms with Crippen LogP contribution in [0.15, 0.2) is 24.3 Å². The summed E-state index contributed by atoms with van der Waals surface area (Å²) >= 11 is 0. The van der Waals surface area contributed by atoms with Crippen molar-refractivity contribution in [2.45, 2.75) is 19.4 Å². The number of carbonyl (C=O) groups excluding carboxylic acids is 2. The molecule has 1 aromatic carbocycles. The Bertz CT molecular complexity index is 420. The molecule has 5 heteroatoms. The number of nitrogens with one attached hydrogen (secondary N) is 1. The molecule has 0 radical (unpaired) electrons. The molecule has 0 unspecified atom stereocenters. The van der Waals surface area contributed by atoms with Gasteiger partial charge in [0, 0.05) is 6.04 Å². The van der Waals surface area contributed by atoms with Crippen LogP contribution >= 0.6 is 0 Å². The Morgan fingerprint density at radius 2 is 2.06 bits per heavy atom. The molecule has 4 nitrogen and oxygen atoms in total. The van der Waals surface area contributed by atoms with Crippen LogP contribution in [0.3, 0.4) is 0 Å². The van der Waals surface area contributed by atoms with Crippen molar-refractivity contribution in [2.24, 2.45) is 0 Å². The van der Waals surface area contributed by atoms with Crippen molar-refractivity contribution in [3.63, 3.8) is 0 Å². The molecule has 17 heavy (non-hydrogen) atoms. The van der Waals surface area contributed by atoms with E-state index in [1.165, 1.54) is 25.3 Å². The summed E-state index contributed by atoms with van der Waals surface area (Å²) in [4.78, 5) is 22.6. The molecule has 0 aliphatic rings. The van der Waals surface area contributed by atoms with Gasteiger partial charge < -0.3 is 10.1 Å². The summed E-state index contributed by atoms with van der Waals surface area (Å²) in [5.74, 6) is -1.55. The Balaban J connectivity index is 2.61. The van der Waals surface area contributed by atoms with E-state index in [1.54, 1.807) is 13.0 Å². The summed E-state index contributed by atoms with van der Waals surface area (Å²) in [7, 11) is 1.27. The van der Waals surface area contributed by atoms with Gasteiger partial charge in [-0.3, -0.25) is 9.59 Å². The number of hydrogen-bond acceptors (Lipinski definition) is 3. The lowest BCUT2D eigenvalue weighted by Gasteiger charge is -2.12. The number of benzene rings is 1. The maximum atomic E-state index is 13.3. The van der Waals surface area contributed by atoms with Gasteiger partial charge in [0.05, 0.1) is 19.1 Å². The molecule has 1 atom stereocenters. The first kappa shape index (κ1) is 13.2. The van der Waals surface area contributed by atoms with Crippen molar-refractivity contribution in [2.75, 3.05) is 7.11 Å². The molecule has 0 aromatic heterocycles. The number of ether oxygens (including phenoxy) is 1. The lowest BCUT2D eigenvalue weighted by Crippen LogP contribution is -2.34. The van der Waals surface area contributed by atoms with Crippen LogP contribution in [0, 0.1) is 5.82 Å². The van der Waals surface area contributed by atoms with E-state index in [0.717, 1.165) is 0 Å². The number of halogens is 1. The summed E-state index contributed by atoms with van der Waals surface area (Å²) in [5, 5.41) is 2.52. The highest BCUT2D eigenvalue weighted by Crippen LogP contribution is 2.06. The fourth-order valence-electron chi connectivity index (χ4n) is 1.33. The molecule has 0 aliphatic carbocycles. The first-order valence-corrected chi connectivity index (χ1v) is 5.16. The summed E-state index contributed by atoms with van der Waals surface area (Å²) < 4.78 is 17.7. The predicted octanol–water partition coefficient (Wildman–Crippen LogP) is 1.51. The van der Waals surface area contributed by atoms with Crippen molar-refractivity contribution >= 4 is 11.9 Å². The Labute approximate surface area is 98.8 Å². The van der Waals surface area contributed by atoms with Crippen molar-refractivity contribution in [1.82, 2.24) is 5.32 Å².